The van der Waals surface area contributed by atoms with Gasteiger partial charge in [0.05, 0.1) is 26.8 Å². The lowest BCUT2D eigenvalue weighted by molar-refractivity contribution is -0.112. The molecule has 0 fully saturated rings. The number of hydrogen-bond donors (Lipinski definition) is 2. The zero-order valence-corrected chi connectivity index (χ0v) is 16.9. The van der Waals surface area contributed by atoms with Crippen LogP contribution in [0.2, 0.25) is 10.0 Å². The number of aromatic nitrogens is 3. The van der Waals surface area contributed by atoms with Crippen LogP contribution in [0.5, 0.6) is 5.75 Å². The van der Waals surface area contributed by atoms with Crippen molar-refractivity contribution < 1.29 is 14.7 Å². The van der Waals surface area contributed by atoms with Crippen molar-refractivity contribution in [3.8, 4) is 5.75 Å². The zero-order chi connectivity index (χ0) is 21.3. The van der Waals surface area contributed by atoms with Gasteiger partial charge >= 0.3 is 0 Å². The largest absolute Gasteiger partial charge is 0.506 e. The highest BCUT2D eigenvalue weighted by atomic mass is 35.5. The summed E-state index contributed by atoms with van der Waals surface area (Å²) in [5.74, 6) is -1.69. The first-order valence-corrected chi connectivity index (χ1v) is 9.55. The van der Waals surface area contributed by atoms with Gasteiger partial charge in [0.25, 0.3) is 11.7 Å². The van der Waals surface area contributed by atoms with Gasteiger partial charge in [0.1, 0.15) is 5.75 Å². The fourth-order valence-corrected chi connectivity index (χ4v) is 3.61. The van der Waals surface area contributed by atoms with E-state index in [9.17, 15) is 14.7 Å². The molecular formula is C21H14Cl2N4O3. The van der Waals surface area contributed by atoms with Gasteiger partial charge in [-0.2, -0.15) is 0 Å². The average Bonchev–Trinajstić information content (AvgIpc) is 3.10. The molecule has 7 nitrogen and oxygen atoms in total. The van der Waals surface area contributed by atoms with Crippen LogP contribution in [0.15, 0.2) is 61.3 Å². The SMILES string of the molecule is O=C(Nc1c(Cl)cncc1Cl)C(=O)c1cn(Cc2ccncc2)c2c(O)cccc12. The summed E-state index contributed by atoms with van der Waals surface area (Å²) in [5, 5.41) is 13.5. The molecule has 0 bridgehead atoms. The van der Waals surface area contributed by atoms with E-state index in [-0.39, 0.29) is 27.0 Å². The van der Waals surface area contributed by atoms with Crippen molar-refractivity contribution in [1.82, 2.24) is 14.5 Å². The maximum absolute atomic E-state index is 12.9. The van der Waals surface area contributed by atoms with Crippen molar-refractivity contribution >= 4 is 51.5 Å². The van der Waals surface area contributed by atoms with Crippen molar-refractivity contribution in [2.24, 2.45) is 0 Å². The van der Waals surface area contributed by atoms with Gasteiger partial charge in [0.15, 0.2) is 0 Å². The smallest absolute Gasteiger partial charge is 0.296 e. The van der Waals surface area contributed by atoms with Gasteiger partial charge in [-0.15, -0.1) is 0 Å². The Balaban J connectivity index is 1.72. The van der Waals surface area contributed by atoms with E-state index >= 15 is 0 Å². The number of pyridine rings is 2. The van der Waals surface area contributed by atoms with E-state index in [0.29, 0.717) is 17.4 Å². The molecule has 1 aromatic carbocycles. The van der Waals surface area contributed by atoms with Gasteiger partial charge in [-0.25, -0.2) is 0 Å². The molecule has 0 spiro atoms. The third-order valence-corrected chi connectivity index (χ3v) is 5.10. The third kappa shape index (κ3) is 3.72. The molecule has 3 aromatic heterocycles. The molecule has 0 aliphatic rings. The molecule has 0 radical (unpaired) electrons. The number of hydrogen-bond acceptors (Lipinski definition) is 5. The van der Waals surface area contributed by atoms with Crippen LogP contribution >= 0.6 is 23.2 Å². The number of Topliss-reactive ketones (excluding diaryl/α,β-unsaturated/α-hetero) is 1. The van der Waals surface area contributed by atoms with Gasteiger partial charge < -0.3 is 15.0 Å². The molecule has 2 N–H and O–H groups in total. The number of aromatic hydroxyl groups is 1. The maximum Gasteiger partial charge on any atom is 0.296 e. The maximum atomic E-state index is 12.9. The van der Waals surface area contributed by atoms with Gasteiger partial charge in [-0.05, 0) is 23.8 Å². The number of amides is 1. The Morgan fingerprint density at radius 3 is 2.43 bits per heavy atom. The molecule has 0 aliphatic heterocycles. The van der Waals surface area contributed by atoms with Crippen LogP contribution < -0.4 is 5.32 Å². The van der Waals surface area contributed by atoms with Crippen LogP contribution in [0.3, 0.4) is 0 Å². The Labute approximate surface area is 180 Å². The van der Waals surface area contributed by atoms with Gasteiger partial charge in [0, 0.05) is 42.9 Å². The number of para-hydroxylation sites is 1. The predicted molar refractivity (Wildman–Crippen MR) is 114 cm³/mol. The van der Waals surface area contributed by atoms with Gasteiger partial charge in [0.2, 0.25) is 0 Å². The first-order chi connectivity index (χ1) is 14.5. The lowest BCUT2D eigenvalue weighted by atomic mass is 10.1. The number of anilines is 1. The van der Waals surface area contributed by atoms with E-state index in [1.165, 1.54) is 18.5 Å². The predicted octanol–water partition coefficient (Wildman–Crippen LogP) is 4.31. The van der Waals surface area contributed by atoms with E-state index in [0.717, 1.165) is 5.56 Å². The minimum atomic E-state index is -0.906. The van der Waals surface area contributed by atoms with Crippen molar-refractivity contribution in [3.05, 3.63) is 82.5 Å². The standard InChI is InChI=1S/C21H14Cl2N4O3/c22-15-8-25-9-16(23)18(15)26-21(30)20(29)14-11-27(10-12-4-6-24-7-5-12)19-13(14)2-1-3-17(19)28/h1-9,11,28H,10H2,(H,25,26,30). The van der Waals surface area contributed by atoms with E-state index in [2.05, 4.69) is 15.3 Å². The quantitative estimate of drug-likeness (QED) is 0.355. The minimum absolute atomic E-state index is 0.00115. The lowest BCUT2D eigenvalue weighted by Crippen LogP contribution is -2.23. The average molecular weight is 441 g/mol. The number of carbonyl (C=O) groups excluding carboxylic acids is 2. The van der Waals surface area contributed by atoms with Crippen LogP contribution in [0.25, 0.3) is 10.9 Å². The molecule has 0 atom stereocenters. The molecule has 0 saturated carbocycles. The summed E-state index contributed by atoms with van der Waals surface area (Å²) in [6.45, 7) is 0.382. The zero-order valence-electron chi connectivity index (χ0n) is 15.3. The Morgan fingerprint density at radius 2 is 1.73 bits per heavy atom. The fraction of sp³-hybridized carbons (Fsp3) is 0.0476. The van der Waals surface area contributed by atoms with Crippen molar-refractivity contribution in [1.29, 1.82) is 0 Å². The van der Waals surface area contributed by atoms with E-state index in [1.807, 2.05) is 12.1 Å². The minimum Gasteiger partial charge on any atom is -0.506 e. The van der Waals surface area contributed by atoms with Crippen molar-refractivity contribution in [2.45, 2.75) is 6.54 Å². The van der Waals surface area contributed by atoms with E-state index in [1.54, 1.807) is 35.3 Å². The number of carbonyl (C=O) groups is 2. The topological polar surface area (TPSA) is 97.1 Å². The van der Waals surface area contributed by atoms with E-state index in [4.69, 9.17) is 23.2 Å². The molecule has 0 unspecified atom stereocenters. The van der Waals surface area contributed by atoms with Crippen LogP contribution in [-0.2, 0) is 11.3 Å². The number of rotatable bonds is 5. The number of phenolic OH excluding ortho intramolecular Hbond substituents is 1. The van der Waals surface area contributed by atoms with Crippen LogP contribution in [0.4, 0.5) is 5.69 Å². The second-order valence-corrected chi connectivity index (χ2v) is 7.28. The highest BCUT2D eigenvalue weighted by Gasteiger charge is 2.24. The number of nitrogens with one attached hydrogen (secondary N) is 1. The first-order valence-electron chi connectivity index (χ1n) is 8.80. The Morgan fingerprint density at radius 1 is 1.03 bits per heavy atom. The number of phenols is 1. The summed E-state index contributed by atoms with van der Waals surface area (Å²) in [6.07, 6.45) is 7.48. The molecular weight excluding hydrogens is 427 g/mol. The molecule has 30 heavy (non-hydrogen) atoms. The van der Waals surface area contributed by atoms with Gasteiger partial charge in [-0.3, -0.25) is 19.6 Å². The second kappa shape index (κ2) is 8.14. The highest BCUT2D eigenvalue weighted by molar-refractivity contribution is 6.50. The Bertz CT molecular complexity index is 1250. The van der Waals surface area contributed by atoms with Crippen molar-refractivity contribution in [3.63, 3.8) is 0 Å². The van der Waals surface area contributed by atoms with Crippen LogP contribution in [0.1, 0.15) is 15.9 Å². The van der Waals surface area contributed by atoms with E-state index < -0.39 is 11.7 Å². The second-order valence-electron chi connectivity index (χ2n) is 6.46. The summed E-state index contributed by atoms with van der Waals surface area (Å²) >= 11 is 12.0. The summed E-state index contributed by atoms with van der Waals surface area (Å²) in [5.41, 5.74) is 1.62. The normalized spacial score (nSPS) is 10.9. The number of ketones is 1. The number of halogens is 2. The third-order valence-electron chi connectivity index (χ3n) is 4.52. The molecule has 3 heterocycles. The number of fused-ring (bicyclic) bond motifs is 1. The monoisotopic (exact) mass is 440 g/mol. The van der Waals surface area contributed by atoms with Crippen molar-refractivity contribution in [2.75, 3.05) is 5.32 Å². The molecule has 0 aliphatic carbocycles. The summed E-state index contributed by atoms with van der Waals surface area (Å²) in [6, 6.07) is 8.46. The summed E-state index contributed by atoms with van der Waals surface area (Å²) in [4.78, 5) is 33.4. The summed E-state index contributed by atoms with van der Waals surface area (Å²) in [7, 11) is 0. The summed E-state index contributed by atoms with van der Waals surface area (Å²) < 4.78 is 1.72. The van der Waals surface area contributed by atoms with Crippen LogP contribution in [0, 0.1) is 0 Å². The molecule has 0 saturated heterocycles. The number of nitrogens with zero attached hydrogens (tertiary/aromatic N) is 3. The molecule has 1 amide bonds. The molecule has 4 rings (SSSR count). The van der Waals surface area contributed by atoms with Gasteiger partial charge in [-0.1, -0.05) is 35.3 Å². The Hall–Kier alpha value is -3.42. The molecule has 4 aromatic rings. The first kappa shape index (κ1) is 19.9. The molecule has 9 heteroatoms. The number of benzene rings is 1. The van der Waals surface area contributed by atoms with Crippen LogP contribution in [-0.4, -0.2) is 31.3 Å². The highest BCUT2D eigenvalue weighted by Crippen LogP contribution is 2.31. The lowest BCUT2D eigenvalue weighted by Gasteiger charge is -2.07. The fourth-order valence-electron chi connectivity index (χ4n) is 3.15. The molecule has 150 valence electrons. The Kier molecular flexibility index (Phi) is 5.39.